The zero-order valence-corrected chi connectivity index (χ0v) is 8.03. The Balaban J connectivity index is 3.94. The van der Waals surface area contributed by atoms with Crippen molar-refractivity contribution in [2.75, 3.05) is 27.7 Å². The number of amides is 1. The van der Waals surface area contributed by atoms with Crippen molar-refractivity contribution >= 4 is 5.91 Å². The highest BCUT2D eigenvalue weighted by atomic mass is 16.2. The van der Waals surface area contributed by atoms with E-state index in [0.717, 1.165) is 0 Å². The second kappa shape index (κ2) is 4.73. The lowest BCUT2D eigenvalue weighted by Gasteiger charge is -2.20. The van der Waals surface area contributed by atoms with Crippen molar-refractivity contribution in [3.63, 3.8) is 0 Å². The average Bonchev–Trinajstić information content (AvgIpc) is 2.02. The van der Waals surface area contributed by atoms with E-state index in [1.54, 1.807) is 33.0 Å². The fraction of sp³-hybridized carbons (Fsp3) is 0.750. The van der Waals surface area contributed by atoms with Crippen molar-refractivity contribution in [1.82, 2.24) is 9.80 Å². The van der Waals surface area contributed by atoms with Crippen LogP contribution in [0.5, 0.6) is 0 Å². The summed E-state index contributed by atoms with van der Waals surface area (Å²) in [5.74, 6) is 0.0135. The topological polar surface area (TPSA) is 47.3 Å². The summed E-state index contributed by atoms with van der Waals surface area (Å²) in [6.45, 7) is 2.06. The van der Waals surface area contributed by atoms with Crippen LogP contribution in [0.15, 0.2) is 0 Å². The fourth-order valence-electron chi connectivity index (χ4n) is 0.590. The van der Waals surface area contributed by atoms with Gasteiger partial charge in [-0.3, -0.25) is 9.69 Å². The lowest BCUT2D eigenvalue weighted by molar-refractivity contribution is -0.129. The molecular formula is C8H15N3O. The second-order valence-electron chi connectivity index (χ2n) is 3.01. The first-order valence-corrected chi connectivity index (χ1v) is 3.79. The first-order chi connectivity index (χ1) is 5.49. The van der Waals surface area contributed by atoms with E-state index in [1.807, 2.05) is 0 Å². The standard InChI is InChI=1S/C8H15N3O/c1-7(5-9)11(4)6-8(12)10(2)3/h7H,6H2,1-4H3. The minimum atomic E-state index is -0.214. The molecule has 1 unspecified atom stereocenters. The van der Waals surface area contributed by atoms with Gasteiger partial charge < -0.3 is 4.90 Å². The molecule has 68 valence electrons. The molecule has 0 bridgehead atoms. The van der Waals surface area contributed by atoms with Crippen LogP contribution >= 0.6 is 0 Å². The third kappa shape index (κ3) is 3.35. The zero-order chi connectivity index (χ0) is 9.72. The Bertz CT molecular complexity index is 195. The van der Waals surface area contributed by atoms with Crippen LogP contribution in [0, 0.1) is 11.3 Å². The first-order valence-electron chi connectivity index (χ1n) is 3.79. The lowest BCUT2D eigenvalue weighted by atomic mass is 10.3. The van der Waals surface area contributed by atoms with E-state index in [9.17, 15) is 4.79 Å². The molecule has 0 saturated heterocycles. The van der Waals surface area contributed by atoms with E-state index in [4.69, 9.17) is 5.26 Å². The highest BCUT2D eigenvalue weighted by Crippen LogP contribution is 1.93. The number of rotatable bonds is 3. The van der Waals surface area contributed by atoms with Gasteiger partial charge in [-0.05, 0) is 14.0 Å². The number of nitriles is 1. The summed E-state index contributed by atoms with van der Waals surface area (Å²) in [6, 6.07) is 1.85. The molecule has 0 aliphatic rings. The molecule has 4 heteroatoms. The predicted molar refractivity (Wildman–Crippen MR) is 46.4 cm³/mol. The zero-order valence-electron chi connectivity index (χ0n) is 8.03. The van der Waals surface area contributed by atoms with Crippen LogP contribution in [-0.4, -0.2) is 49.4 Å². The third-order valence-corrected chi connectivity index (χ3v) is 1.73. The van der Waals surface area contributed by atoms with Crippen molar-refractivity contribution in [2.45, 2.75) is 13.0 Å². The summed E-state index contributed by atoms with van der Waals surface area (Å²) in [7, 11) is 5.16. The van der Waals surface area contributed by atoms with Crippen molar-refractivity contribution in [1.29, 1.82) is 5.26 Å². The molecule has 0 aliphatic carbocycles. The Labute approximate surface area is 73.4 Å². The van der Waals surface area contributed by atoms with Gasteiger partial charge in [-0.2, -0.15) is 5.26 Å². The Hall–Kier alpha value is -1.08. The quantitative estimate of drug-likeness (QED) is 0.593. The Morgan fingerprint density at radius 1 is 1.50 bits per heavy atom. The highest BCUT2D eigenvalue weighted by Gasteiger charge is 2.12. The SMILES string of the molecule is CC(C#N)N(C)CC(=O)N(C)C. The minimum Gasteiger partial charge on any atom is -0.348 e. The highest BCUT2D eigenvalue weighted by molar-refractivity contribution is 5.77. The normalized spacial score (nSPS) is 12.3. The van der Waals surface area contributed by atoms with Crippen LogP contribution in [0.1, 0.15) is 6.92 Å². The van der Waals surface area contributed by atoms with E-state index >= 15 is 0 Å². The summed E-state index contributed by atoms with van der Waals surface area (Å²) in [5, 5.41) is 8.54. The molecule has 0 aromatic carbocycles. The monoisotopic (exact) mass is 169 g/mol. The van der Waals surface area contributed by atoms with Gasteiger partial charge in [0.05, 0.1) is 18.7 Å². The second-order valence-corrected chi connectivity index (χ2v) is 3.01. The molecule has 0 aromatic heterocycles. The largest absolute Gasteiger partial charge is 0.348 e. The maximum Gasteiger partial charge on any atom is 0.236 e. The van der Waals surface area contributed by atoms with Crippen molar-refractivity contribution in [2.24, 2.45) is 0 Å². The molecule has 0 rings (SSSR count). The molecule has 0 heterocycles. The van der Waals surface area contributed by atoms with Crippen LogP contribution < -0.4 is 0 Å². The minimum absolute atomic E-state index is 0.0135. The third-order valence-electron chi connectivity index (χ3n) is 1.73. The molecule has 0 aromatic rings. The molecule has 0 radical (unpaired) electrons. The van der Waals surface area contributed by atoms with Crippen LogP contribution in [0.2, 0.25) is 0 Å². The molecule has 12 heavy (non-hydrogen) atoms. The van der Waals surface area contributed by atoms with Crippen LogP contribution in [0.4, 0.5) is 0 Å². The smallest absolute Gasteiger partial charge is 0.236 e. The van der Waals surface area contributed by atoms with Gasteiger partial charge in [-0.25, -0.2) is 0 Å². The van der Waals surface area contributed by atoms with Crippen molar-refractivity contribution in [3.8, 4) is 6.07 Å². The summed E-state index contributed by atoms with van der Waals surface area (Å²) in [4.78, 5) is 14.4. The van der Waals surface area contributed by atoms with Gasteiger partial charge in [0.15, 0.2) is 0 Å². The lowest BCUT2D eigenvalue weighted by Crippen LogP contribution is -2.38. The number of likely N-dealkylation sites (N-methyl/N-ethyl adjacent to an activating group) is 2. The molecule has 1 amide bonds. The Morgan fingerprint density at radius 2 is 2.00 bits per heavy atom. The van der Waals surface area contributed by atoms with Gasteiger partial charge in [0, 0.05) is 14.1 Å². The molecular weight excluding hydrogens is 154 g/mol. The van der Waals surface area contributed by atoms with Crippen molar-refractivity contribution < 1.29 is 4.79 Å². The maximum absolute atomic E-state index is 11.1. The summed E-state index contributed by atoms with van der Waals surface area (Å²) >= 11 is 0. The van der Waals surface area contributed by atoms with E-state index in [-0.39, 0.29) is 11.9 Å². The number of hydrogen-bond acceptors (Lipinski definition) is 3. The number of nitrogens with zero attached hydrogens (tertiary/aromatic N) is 3. The number of carbonyl (C=O) groups excluding carboxylic acids is 1. The average molecular weight is 169 g/mol. The molecule has 0 N–H and O–H groups in total. The summed E-state index contributed by atoms with van der Waals surface area (Å²) < 4.78 is 0. The van der Waals surface area contributed by atoms with E-state index < -0.39 is 0 Å². The van der Waals surface area contributed by atoms with Crippen LogP contribution in [0.25, 0.3) is 0 Å². The molecule has 1 atom stereocenters. The number of carbonyl (C=O) groups is 1. The summed E-state index contributed by atoms with van der Waals surface area (Å²) in [5.41, 5.74) is 0. The fourth-order valence-corrected chi connectivity index (χ4v) is 0.590. The van der Waals surface area contributed by atoms with E-state index in [2.05, 4.69) is 6.07 Å². The molecule has 0 spiro atoms. The maximum atomic E-state index is 11.1. The molecule has 4 nitrogen and oxygen atoms in total. The summed E-state index contributed by atoms with van der Waals surface area (Å²) in [6.07, 6.45) is 0. The van der Waals surface area contributed by atoms with Gasteiger partial charge in [0.25, 0.3) is 0 Å². The van der Waals surface area contributed by atoms with Gasteiger partial charge in [0.2, 0.25) is 5.91 Å². The molecule has 0 saturated carbocycles. The predicted octanol–water partition coefficient (Wildman–Crippen LogP) is -0.0815. The molecule has 0 aliphatic heterocycles. The Kier molecular flexibility index (Phi) is 4.30. The van der Waals surface area contributed by atoms with E-state index in [1.165, 1.54) is 4.90 Å². The van der Waals surface area contributed by atoms with Gasteiger partial charge >= 0.3 is 0 Å². The van der Waals surface area contributed by atoms with Crippen LogP contribution in [-0.2, 0) is 4.79 Å². The van der Waals surface area contributed by atoms with Gasteiger partial charge in [-0.15, -0.1) is 0 Å². The molecule has 0 fully saturated rings. The van der Waals surface area contributed by atoms with Crippen molar-refractivity contribution in [3.05, 3.63) is 0 Å². The number of hydrogen-bond donors (Lipinski definition) is 0. The Morgan fingerprint density at radius 3 is 2.33 bits per heavy atom. The van der Waals surface area contributed by atoms with Crippen LogP contribution in [0.3, 0.4) is 0 Å². The first kappa shape index (κ1) is 10.9. The van der Waals surface area contributed by atoms with Gasteiger partial charge in [-0.1, -0.05) is 0 Å². The van der Waals surface area contributed by atoms with E-state index in [0.29, 0.717) is 6.54 Å². The van der Waals surface area contributed by atoms with Gasteiger partial charge in [0.1, 0.15) is 0 Å².